The minimum Gasteiger partial charge on any atom is -0.353 e. The highest BCUT2D eigenvalue weighted by Gasteiger charge is 2.25. The molecule has 5 heteroatoms. The number of nitrogens with two attached hydrogens (primary N) is 1. The molecule has 3 N–H and O–H groups in total. The number of para-hydroxylation sites is 3. The van der Waals surface area contributed by atoms with E-state index in [0.717, 1.165) is 35.4 Å². The Hall–Kier alpha value is -2.66. The molecule has 2 aromatic carbocycles. The fourth-order valence-corrected chi connectivity index (χ4v) is 4.29. The van der Waals surface area contributed by atoms with Crippen molar-refractivity contribution in [2.24, 2.45) is 11.7 Å². The van der Waals surface area contributed by atoms with Crippen molar-refractivity contribution in [3.8, 4) is 5.69 Å². The second kappa shape index (κ2) is 8.57. The van der Waals surface area contributed by atoms with Gasteiger partial charge in [-0.15, -0.1) is 0 Å². The van der Waals surface area contributed by atoms with Gasteiger partial charge in [0.2, 0.25) is 5.91 Å². The summed E-state index contributed by atoms with van der Waals surface area (Å²) in [6.07, 6.45) is 5.58. The molecule has 0 spiro atoms. The number of amides is 1. The maximum Gasteiger partial charge on any atom is 0.220 e. The minimum absolute atomic E-state index is 0.0945. The SMILES string of the molecule is NCC1CCCCC1NC(=O)CCc1nc2ccccc2n1-c1ccccc1. The lowest BCUT2D eigenvalue weighted by Crippen LogP contribution is -2.44. The number of carbonyl (C=O) groups is 1. The first-order valence-corrected chi connectivity index (χ1v) is 10.3. The molecule has 1 amide bonds. The smallest absolute Gasteiger partial charge is 0.220 e. The van der Waals surface area contributed by atoms with Crippen LogP contribution in [0.1, 0.15) is 37.9 Å². The molecule has 1 saturated carbocycles. The second-order valence-corrected chi connectivity index (χ2v) is 7.64. The van der Waals surface area contributed by atoms with E-state index in [1.807, 2.05) is 36.4 Å². The van der Waals surface area contributed by atoms with E-state index >= 15 is 0 Å². The van der Waals surface area contributed by atoms with Gasteiger partial charge in [0, 0.05) is 24.6 Å². The van der Waals surface area contributed by atoms with Crippen molar-refractivity contribution in [2.45, 2.75) is 44.6 Å². The molecule has 0 bridgehead atoms. The maximum atomic E-state index is 12.6. The van der Waals surface area contributed by atoms with Crippen molar-refractivity contribution in [1.29, 1.82) is 0 Å². The Morgan fingerprint density at radius 2 is 1.82 bits per heavy atom. The topological polar surface area (TPSA) is 72.9 Å². The molecule has 3 aromatic rings. The number of benzene rings is 2. The van der Waals surface area contributed by atoms with Gasteiger partial charge < -0.3 is 11.1 Å². The highest BCUT2D eigenvalue weighted by atomic mass is 16.1. The highest BCUT2D eigenvalue weighted by Crippen LogP contribution is 2.24. The van der Waals surface area contributed by atoms with Crippen LogP contribution >= 0.6 is 0 Å². The van der Waals surface area contributed by atoms with Crippen LogP contribution in [0.3, 0.4) is 0 Å². The zero-order valence-electron chi connectivity index (χ0n) is 16.2. The number of aromatic nitrogens is 2. The molecule has 1 fully saturated rings. The van der Waals surface area contributed by atoms with Crippen LogP contribution in [-0.4, -0.2) is 28.0 Å². The van der Waals surface area contributed by atoms with Crippen LogP contribution in [0.15, 0.2) is 54.6 Å². The molecule has 28 heavy (non-hydrogen) atoms. The normalized spacial score (nSPS) is 19.6. The quantitative estimate of drug-likeness (QED) is 0.690. The van der Waals surface area contributed by atoms with E-state index in [0.29, 0.717) is 25.3 Å². The molecule has 1 aliphatic carbocycles. The molecule has 0 aliphatic heterocycles. The van der Waals surface area contributed by atoms with Crippen LogP contribution < -0.4 is 11.1 Å². The van der Waals surface area contributed by atoms with Gasteiger partial charge in [0.15, 0.2) is 0 Å². The largest absolute Gasteiger partial charge is 0.353 e. The van der Waals surface area contributed by atoms with Gasteiger partial charge in [-0.1, -0.05) is 43.2 Å². The van der Waals surface area contributed by atoms with Gasteiger partial charge in [-0.2, -0.15) is 0 Å². The van der Waals surface area contributed by atoms with Crippen molar-refractivity contribution in [2.75, 3.05) is 6.54 Å². The van der Waals surface area contributed by atoms with Crippen molar-refractivity contribution in [3.05, 3.63) is 60.4 Å². The van der Waals surface area contributed by atoms with Crippen molar-refractivity contribution in [1.82, 2.24) is 14.9 Å². The first-order chi connectivity index (χ1) is 13.8. The number of rotatable bonds is 6. The van der Waals surface area contributed by atoms with E-state index in [4.69, 9.17) is 10.7 Å². The second-order valence-electron chi connectivity index (χ2n) is 7.64. The third-order valence-corrected chi connectivity index (χ3v) is 5.78. The summed E-state index contributed by atoms with van der Waals surface area (Å²) in [5, 5.41) is 3.23. The third kappa shape index (κ3) is 3.94. The molecule has 0 radical (unpaired) electrons. The lowest BCUT2D eigenvalue weighted by molar-refractivity contribution is -0.122. The number of hydrogen-bond donors (Lipinski definition) is 2. The third-order valence-electron chi connectivity index (χ3n) is 5.78. The number of fused-ring (bicyclic) bond motifs is 1. The van der Waals surface area contributed by atoms with Gasteiger partial charge >= 0.3 is 0 Å². The molecule has 1 aliphatic rings. The number of aryl methyl sites for hydroxylation is 1. The summed E-state index contributed by atoms with van der Waals surface area (Å²) < 4.78 is 2.16. The molecule has 1 heterocycles. The van der Waals surface area contributed by atoms with Gasteiger partial charge in [0.25, 0.3) is 0 Å². The van der Waals surface area contributed by atoms with Crippen LogP contribution in [0, 0.1) is 5.92 Å². The van der Waals surface area contributed by atoms with Crippen molar-refractivity contribution >= 4 is 16.9 Å². The Kier molecular flexibility index (Phi) is 5.72. The van der Waals surface area contributed by atoms with E-state index in [-0.39, 0.29) is 11.9 Å². The van der Waals surface area contributed by atoms with Gasteiger partial charge in [0.1, 0.15) is 5.82 Å². The fraction of sp³-hybridized carbons (Fsp3) is 0.391. The molecular weight excluding hydrogens is 348 g/mol. The molecule has 0 saturated heterocycles. The Morgan fingerprint density at radius 3 is 2.64 bits per heavy atom. The van der Waals surface area contributed by atoms with Crippen molar-refractivity contribution < 1.29 is 4.79 Å². The van der Waals surface area contributed by atoms with Crippen LogP contribution in [0.5, 0.6) is 0 Å². The molecule has 146 valence electrons. The zero-order chi connectivity index (χ0) is 19.3. The first-order valence-electron chi connectivity index (χ1n) is 10.3. The number of imidazole rings is 1. The van der Waals surface area contributed by atoms with Crippen LogP contribution in [0.4, 0.5) is 0 Å². The van der Waals surface area contributed by atoms with Crippen molar-refractivity contribution in [3.63, 3.8) is 0 Å². The van der Waals surface area contributed by atoms with Gasteiger partial charge in [-0.05, 0) is 49.6 Å². The van der Waals surface area contributed by atoms with Gasteiger partial charge in [-0.25, -0.2) is 4.98 Å². The van der Waals surface area contributed by atoms with E-state index in [1.165, 1.54) is 12.8 Å². The number of nitrogens with zero attached hydrogens (tertiary/aromatic N) is 2. The predicted octanol–water partition coefficient (Wildman–Crippen LogP) is 3.59. The van der Waals surface area contributed by atoms with Crippen LogP contribution in [0.25, 0.3) is 16.7 Å². The Balaban J connectivity index is 1.51. The van der Waals surface area contributed by atoms with Gasteiger partial charge in [-0.3, -0.25) is 9.36 Å². The lowest BCUT2D eigenvalue weighted by atomic mass is 9.84. The van der Waals surface area contributed by atoms with Crippen LogP contribution in [-0.2, 0) is 11.2 Å². The standard InChI is InChI=1S/C23H28N4O/c24-16-17-8-4-5-11-19(17)26-23(28)15-14-22-25-20-12-6-7-13-21(20)27(22)18-9-2-1-3-10-18/h1-3,6-7,9-10,12-13,17,19H,4-5,8,11,14-16,24H2,(H,26,28). The van der Waals surface area contributed by atoms with E-state index in [1.54, 1.807) is 0 Å². The minimum atomic E-state index is 0.0945. The summed E-state index contributed by atoms with van der Waals surface area (Å²) in [6, 6.07) is 18.5. The summed E-state index contributed by atoms with van der Waals surface area (Å²) in [5.74, 6) is 1.42. The summed E-state index contributed by atoms with van der Waals surface area (Å²) in [4.78, 5) is 17.4. The molecular formula is C23H28N4O. The maximum absolute atomic E-state index is 12.6. The first kappa shape index (κ1) is 18.7. The number of hydrogen-bond acceptors (Lipinski definition) is 3. The van der Waals surface area contributed by atoms with E-state index < -0.39 is 0 Å². The summed E-state index contributed by atoms with van der Waals surface area (Å²) in [6.45, 7) is 0.648. The average Bonchev–Trinajstić information content (AvgIpc) is 3.12. The lowest BCUT2D eigenvalue weighted by Gasteiger charge is -2.31. The molecule has 5 nitrogen and oxygen atoms in total. The summed E-state index contributed by atoms with van der Waals surface area (Å²) in [5.41, 5.74) is 8.99. The summed E-state index contributed by atoms with van der Waals surface area (Å²) in [7, 11) is 0. The fourth-order valence-electron chi connectivity index (χ4n) is 4.29. The number of nitrogens with one attached hydrogen (secondary N) is 1. The Labute approximate surface area is 166 Å². The zero-order valence-corrected chi connectivity index (χ0v) is 16.2. The summed E-state index contributed by atoms with van der Waals surface area (Å²) >= 11 is 0. The predicted molar refractivity (Wildman–Crippen MR) is 112 cm³/mol. The van der Waals surface area contributed by atoms with E-state index in [9.17, 15) is 4.79 Å². The monoisotopic (exact) mass is 376 g/mol. The van der Waals surface area contributed by atoms with Crippen LogP contribution in [0.2, 0.25) is 0 Å². The van der Waals surface area contributed by atoms with Gasteiger partial charge in [0.05, 0.1) is 11.0 Å². The molecule has 2 atom stereocenters. The van der Waals surface area contributed by atoms with E-state index in [2.05, 4.69) is 28.1 Å². The number of carbonyl (C=O) groups excluding carboxylic acids is 1. The Bertz CT molecular complexity index is 934. The molecule has 4 rings (SSSR count). The highest BCUT2D eigenvalue weighted by molar-refractivity contribution is 5.79. The Morgan fingerprint density at radius 1 is 1.07 bits per heavy atom. The molecule has 2 unspecified atom stereocenters. The average molecular weight is 377 g/mol. The molecule has 1 aromatic heterocycles.